The molecule has 0 bridgehead atoms. The minimum Gasteiger partial charge on any atom is -0.354 e. The zero-order valence-corrected chi connectivity index (χ0v) is 17.8. The van der Waals surface area contributed by atoms with E-state index in [4.69, 9.17) is 9.97 Å². The molecule has 9 heteroatoms. The molecule has 4 aromatic rings. The van der Waals surface area contributed by atoms with Gasteiger partial charge in [-0.1, -0.05) is 18.2 Å². The number of imidazole rings is 1. The van der Waals surface area contributed by atoms with Crippen molar-refractivity contribution in [2.24, 2.45) is 0 Å². The maximum absolute atomic E-state index is 14.3. The molecule has 0 spiro atoms. The fraction of sp³-hybridized carbons (Fsp3) is 0.318. The Morgan fingerprint density at radius 1 is 1.13 bits per heavy atom. The van der Waals surface area contributed by atoms with E-state index in [2.05, 4.69) is 43.0 Å². The average Bonchev–Trinajstić information content (AvgIpc) is 3.43. The lowest BCUT2D eigenvalue weighted by atomic mass is 10.1. The molecule has 3 aromatic heterocycles. The number of halogens is 1. The summed E-state index contributed by atoms with van der Waals surface area (Å²) in [5, 5.41) is 12.0. The fourth-order valence-corrected chi connectivity index (χ4v) is 4.62. The van der Waals surface area contributed by atoms with Gasteiger partial charge in [-0.05, 0) is 55.9 Å². The van der Waals surface area contributed by atoms with Crippen LogP contribution >= 0.6 is 11.3 Å². The van der Waals surface area contributed by atoms with Gasteiger partial charge in [0.15, 0.2) is 5.65 Å². The van der Waals surface area contributed by atoms with Gasteiger partial charge in [0, 0.05) is 17.5 Å². The predicted octanol–water partition coefficient (Wildman–Crippen LogP) is 4.35. The van der Waals surface area contributed by atoms with Crippen molar-refractivity contribution in [2.45, 2.75) is 25.3 Å². The number of benzene rings is 1. The molecule has 0 unspecified atom stereocenters. The van der Waals surface area contributed by atoms with E-state index in [1.54, 1.807) is 35.7 Å². The van der Waals surface area contributed by atoms with Crippen molar-refractivity contribution in [2.75, 3.05) is 30.3 Å². The molecule has 31 heavy (non-hydrogen) atoms. The fourth-order valence-electron chi connectivity index (χ4n) is 3.91. The molecule has 160 valence electrons. The van der Waals surface area contributed by atoms with Gasteiger partial charge in [-0.2, -0.15) is 4.98 Å². The van der Waals surface area contributed by atoms with Crippen LogP contribution in [0, 0.1) is 5.82 Å². The highest BCUT2D eigenvalue weighted by molar-refractivity contribution is 7.09. The van der Waals surface area contributed by atoms with Crippen LogP contribution in [0.2, 0.25) is 0 Å². The lowest BCUT2D eigenvalue weighted by Crippen LogP contribution is -2.30. The maximum atomic E-state index is 14.3. The highest BCUT2D eigenvalue weighted by atomic mass is 32.1. The van der Waals surface area contributed by atoms with Crippen LogP contribution in [0.4, 0.5) is 22.0 Å². The summed E-state index contributed by atoms with van der Waals surface area (Å²) in [6, 6.07) is 11.1. The van der Waals surface area contributed by atoms with E-state index in [1.165, 1.54) is 10.9 Å². The van der Waals surface area contributed by atoms with Gasteiger partial charge in [-0.25, -0.2) is 14.4 Å². The minimum absolute atomic E-state index is 0.231. The maximum Gasteiger partial charge on any atom is 0.224 e. The van der Waals surface area contributed by atoms with Crippen molar-refractivity contribution in [3.8, 4) is 0 Å². The van der Waals surface area contributed by atoms with Crippen molar-refractivity contribution in [3.63, 3.8) is 0 Å². The molecule has 0 aliphatic carbocycles. The molecule has 1 aliphatic rings. The van der Waals surface area contributed by atoms with Crippen LogP contribution in [0.3, 0.4) is 0 Å². The van der Waals surface area contributed by atoms with E-state index >= 15 is 0 Å². The van der Waals surface area contributed by atoms with Gasteiger partial charge in [-0.3, -0.25) is 4.57 Å². The molecule has 1 aromatic carbocycles. The molecule has 1 saturated heterocycles. The second-order valence-electron chi connectivity index (χ2n) is 7.55. The van der Waals surface area contributed by atoms with E-state index in [0.717, 1.165) is 44.5 Å². The third kappa shape index (κ3) is 4.38. The second-order valence-corrected chi connectivity index (χ2v) is 8.58. The Morgan fingerprint density at radius 3 is 2.81 bits per heavy atom. The third-order valence-electron chi connectivity index (χ3n) is 5.46. The topological polar surface area (TPSA) is 79.7 Å². The third-order valence-corrected chi connectivity index (χ3v) is 6.40. The number of thiophene rings is 1. The number of piperidine rings is 1. The first-order valence-electron chi connectivity index (χ1n) is 10.5. The standard InChI is InChI=1S/C22H24FN7S/c23-17-5-1-2-6-18(17)27-22-28-19-14-26-21(25-12-9-16-4-3-13-31-16)29-20(19)30(22)15-7-10-24-11-8-15/h1-6,13-15,24H,7-12H2,(H,27,28)(H,25,26,29). The number of nitrogens with zero attached hydrogens (tertiary/aromatic N) is 4. The molecule has 1 fully saturated rings. The summed E-state index contributed by atoms with van der Waals surface area (Å²) in [7, 11) is 0. The monoisotopic (exact) mass is 437 g/mol. The Kier molecular flexibility index (Phi) is 5.77. The van der Waals surface area contributed by atoms with Crippen LogP contribution < -0.4 is 16.0 Å². The summed E-state index contributed by atoms with van der Waals surface area (Å²) in [4.78, 5) is 15.2. The number of hydrogen-bond donors (Lipinski definition) is 3. The first-order valence-corrected chi connectivity index (χ1v) is 11.4. The lowest BCUT2D eigenvalue weighted by Gasteiger charge is -2.26. The minimum atomic E-state index is -0.312. The molecule has 0 radical (unpaired) electrons. The zero-order chi connectivity index (χ0) is 21.0. The van der Waals surface area contributed by atoms with Crippen LogP contribution in [0.1, 0.15) is 23.8 Å². The predicted molar refractivity (Wildman–Crippen MR) is 123 cm³/mol. The summed E-state index contributed by atoms with van der Waals surface area (Å²) < 4.78 is 16.4. The Balaban J connectivity index is 1.46. The smallest absolute Gasteiger partial charge is 0.224 e. The summed E-state index contributed by atoms with van der Waals surface area (Å²) in [5.41, 5.74) is 1.86. The summed E-state index contributed by atoms with van der Waals surface area (Å²) >= 11 is 1.75. The highest BCUT2D eigenvalue weighted by Gasteiger charge is 2.23. The molecule has 0 saturated carbocycles. The van der Waals surface area contributed by atoms with Crippen LogP contribution in [0.25, 0.3) is 11.2 Å². The van der Waals surface area contributed by atoms with Crippen LogP contribution in [-0.2, 0) is 6.42 Å². The SMILES string of the molecule is Fc1ccccc1Nc1nc2cnc(NCCc3cccs3)nc2n1C1CCNCC1. The van der Waals surface area contributed by atoms with Gasteiger partial charge >= 0.3 is 0 Å². The van der Waals surface area contributed by atoms with E-state index < -0.39 is 0 Å². The van der Waals surface area contributed by atoms with E-state index in [-0.39, 0.29) is 11.9 Å². The van der Waals surface area contributed by atoms with Crippen molar-refractivity contribution < 1.29 is 4.39 Å². The van der Waals surface area contributed by atoms with Crippen LogP contribution in [0.15, 0.2) is 48.0 Å². The number of fused-ring (bicyclic) bond motifs is 1. The molecule has 4 heterocycles. The number of hydrogen-bond acceptors (Lipinski definition) is 7. The number of nitrogens with one attached hydrogen (secondary N) is 3. The number of anilines is 3. The number of aromatic nitrogens is 4. The molecular formula is C22H24FN7S. The van der Waals surface area contributed by atoms with Gasteiger partial charge in [0.1, 0.15) is 11.3 Å². The highest BCUT2D eigenvalue weighted by Crippen LogP contribution is 2.31. The number of para-hydroxylation sites is 1. The molecule has 0 atom stereocenters. The lowest BCUT2D eigenvalue weighted by molar-refractivity contribution is 0.376. The van der Waals surface area contributed by atoms with E-state index in [1.807, 2.05) is 0 Å². The Morgan fingerprint density at radius 2 is 2.00 bits per heavy atom. The summed E-state index contributed by atoms with van der Waals surface area (Å²) in [6.07, 6.45) is 4.58. The van der Waals surface area contributed by atoms with Crippen molar-refractivity contribution in [1.82, 2.24) is 24.8 Å². The van der Waals surface area contributed by atoms with Gasteiger partial charge in [0.05, 0.1) is 11.9 Å². The quantitative estimate of drug-likeness (QED) is 0.399. The second kappa shape index (κ2) is 8.99. The van der Waals surface area contributed by atoms with Gasteiger partial charge in [0.2, 0.25) is 11.9 Å². The van der Waals surface area contributed by atoms with E-state index in [9.17, 15) is 4.39 Å². The zero-order valence-electron chi connectivity index (χ0n) is 17.0. The Bertz CT molecular complexity index is 1150. The Labute approximate surface area is 183 Å². The molecule has 0 amide bonds. The van der Waals surface area contributed by atoms with Crippen molar-refractivity contribution in [1.29, 1.82) is 0 Å². The van der Waals surface area contributed by atoms with Crippen LogP contribution in [0.5, 0.6) is 0 Å². The van der Waals surface area contributed by atoms with Crippen molar-refractivity contribution in [3.05, 3.63) is 58.7 Å². The van der Waals surface area contributed by atoms with E-state index in [0.29, 0.717) is 23.1 Å². The largest absolute Gasteiger partial charge is 0.354 e. The summed E-state index contributed by atoms with van der Waals surface area (Å²) in [5.74, 6) is 0.863. The van der Waals surface area contributed by atoms with Crippen molar-refractivity contribution >= 4 is 40.1 Å². The molecule has 3 N–H and O–H groups in total. The first-order chi connectivity index (χ1) is 15.3. The Hall–Kier alpha value is -3.04. The van der Waals surface area contributed by atoms with Gasteiger partial charge in [-0.15, -0.1) is 11.3 Å². The summed E-state index contributed by atoms with van der Waals surface area (Å²) in [6.45, 7) is 2.62. The first kappa shape index (κ1) is 19.9. The average molecular weight is 438 g/mol. The van der Waals surface area contributed by atoms with Crippen LogP contribution in [-0.4, -0.2) is 39.2 Å². The van der Waals surface area contributed by atoms with Gasteiger partial charge in [0.25, 0.3) is 0 Å². The molecule has 7 nitrogen and oxygen atoms in total. The molecular weight excluding hydrogens is 413 g/mol. The normalized spacial score (nSPS) is 14.7. The molecule has 1 aliphatic heterocycles. The van der Waals surface area contributed by atoms with Gasteiger partial charge < -0.3 is 16.0 Å². The number of rotatable bonds is 7. The molecule has 5 rings (SSSR count).